The minimum Gasteiger partial charge on any atom is -0.392 e. The van der Waals surface area contributed by atoms with E-state index in [1.54, 1.807) is 6.92 Å². The van der Waals surface area contributed by atoms with E-state index < -0.39 is 0 Å². The number of rotatable bonds is 1. The third-order valence-corrected chi connectivity index (χ3v) is 1.17. The molecule has 0 aromatic rings. The third-order valence-electron chi connectivity index (χ3n) is 0.723. The molecule has 64 valence electrons. The molecule has 0 aliphatic carbocycles. The van der Waals surface area contributed by atoms with Gasteiger partial charge in [0.05, 0.1) is 18.8 Å². The quantitative estimate of drug-likeness (QED) is 0.500. The van der Waals surface area contributed by atoms with Crippen molar-refractivity contribution in [3.63, 3.8) is 0 Å². The first-order valence-corrected chi connectivity index (χ1v) is 3.56. The van der Waals surface area contributed by atoms with Crippen molar-refractivity contribution in [2.24, 2.45) is 0 Å². The van der Waals surface area contributed by atoms with E-state index >= 15 is 0 Å². The molecule has 1 fully saturated rings. The van der Waals surface area contributed by atoms with Crippen LogP contribution in [0, 0.1) is 0 Å². The van der Waals surface area contributed by atoms with Crippen LogP contribution in [0.2, 0.25) is 0 Å². The summed E-state index contributed by atoms with van der Waals surface area (Å²) in [5.74, 6) is 0.333. The van der Waals surface area contributed by atoms with E-state index in [4.69, 9.17) is 21.4 Å². The minimum absolute atomic E-state index is 0. The highest BCUT2D eigenvalue weighted by Crippen LogP contribution is 2.04. The summed E-state index contributed by atoms with van der Waals surface area (Å²) in [6.07, 6.45) is 0.233. The van der Waals surface area contributed by atoms with Crippen LogP contribution < -0.4 is 0 Å². The van der Waals surface area contributed by atoms with Gasteiger partial charge in [0.2, 0.25) is 0 Å². The predicted octanol–water partition coefficient (Wildman–Crippen LogP) is 1.43. The van der Waals surface area contributed by atoms with Gasteiger partial charge in [-0.2, -0.15) is 0 Å². The summed E-state index contributed by atoms with van der Waals surface area (Å²) in [5.41, 5.74) is 0. The number of alkyl halides is 1. The van der Waals surface area contributed by atoms with Gasteiger partial charge in [0.25, 0.3) is 0 Å². The third kappa shape index (κ3) is 15.8. The Hall–Kier alpha value is 0.500. The second kappa shape index (κ2) is 7.61. The molecule has 2 atom stereocenters. The van der Waals surface area contributed by atoms with Crippen LogP contribution in [0.5, 0.6) is 0 Å². The lowest BCUT2D eigenvalue weighted by molar-refractivity contribution is 0.219. The van der Waals surface area contributed by atoms with Gasteiger partial charge in [-0.25, -0.2) is 0 Å². The Bertz CT molecular complexity index is 64.8. The van der Waals surface area contributed by atoms with Gasteiger partial charge in [0, 0.05) is 5.88 Å². The molecule has 2 unspecified atom stereocenters. The molecule has 0 radical (unpaired) electrons. The molecule has 0 amide bonds. The lowest BCUT2D eigenvalue weighted by Crippen LogP contribution is -1.98. The molecular formula is C6H14Cl2O2. The van der Waals surface area contributed by atoms with Gasteiger partial charge in [0.15, 0.2) is 0 Å². The summed E-state index contributed by atoms with van der Waals surface area (Å²) >= 11 is 5.09. The number of epoxide rings is 1. The van der Waals surface area contributed by atoms with Crippen molar-refractivity contribution in [3.8, 4) is 0 Å². The highest BCUT2D eigenvalue weighted by Gasteiger charge is 2.13. The first-order chi connectivity index (χ1) is 4.16. The van der Waals surface area contributed by atoms with Gasteiger partial charge in [-0.3, -0.25) is 0 Å². The zero-order valence-corrected chi connectivity index (χ0v) is 7.78. The van der Waals surface area contributed by atoms with Crippen LogP contribution in [-0.4, -0.2) is 29.8 Å². The first kappa shape index (κ1) is 13.1. The van der Waals surface area contributed by atoms with E-state index in [1.807, 2.05) is 0 Å². The Morgan fingerprint density at radius 1 is 1.80 bits per heavy atom. The Morgan fingerprint density at radius 3 is 2.00 bits per heavy atom. The molecule has 1 rings (SSSR count). The van der Waals surface area contributed by atoms with E-state index in [9.17, 15) is 0 Å². The lowest BCUT2D eigenvalue weighted by Gasteiger charge is -1.88. The van der Waals surface area contributed by atoms with Gasteiger partial charge in [-0.05, 0) is 13.8 Å². The molecule has 0 aromatic heterocycles. The topological polar surface area (TPSA) is 32.8 Å². The largest absolute Gasteiger partial charge is 0.392 e. The average molecular weight is 189 g/mol. The molecule has 4 heteroatoms. The fraction of sp³-hybridized carbons (Fsp3) is 1.00. The monoisotopic (exact) mass is 188 g/mol. The Labute approximate surface area is 72.9 Å². The van der Waals surface area contributed by atoms with Crippen LogP contribution in [0.15, 0.2) is 0 Å². The molecule has 0 spiro atoms. The number of hydrogen-bond donors (Lipinski definition) is 1. The molecule has 0 bridgehead atoms. The molecule has 10 heavy (non-hydrogen) atoms. The van der Waals surface area contributed by atoms with Crippen LogP contribution in [-0.2, 0) is 4.74 Å². The maximum absolute atomic E-state index is 8.23. The number of aliphatic hydroxyl groups is 1. The normalized spacial score (nSPS) is 23.4. The zero-order chi connectivity index (χ0) is 7.28. The summed E-state index contributed by atoms with van der Waals surface area (Å²) < 4.78 is 4.71. The van der Waals surface area contributed by atoms with Crippen LogP contribution in [0.1, 0.15) is 13.8 Å². The van der Waals surface area contributed by atoms with Crippen LogP contribution in [0.3, 0.4) is 0 Å². The standard InChI is InChI=1S/C3H7ClO.C3H6O.ClH/c1-3(5)2-4;1-3-2-4-3;/h3,5H,2H2,1H3;3H,2H2,1H3;1H. The van der Waals surface area contributed by atoms with Gasteiger partial charge in [-0.15, -0.1) is 24.0 Å². The Morgan fingerprint density at radius 2 is 2.00 bits per heavy atom. The average Bonchev–Trinajstić information content (AvgIpc) is 2.53. The van der Waals surface area contributed by atoms with E-state index in [2.05, 4.69) is 6.92 Å². The molecule has 1 N–H and O–H groups in total. The van der Waals surface area contributed by atoms with Gasteiger partial charge < -0.3 is 9.84 Å². The maximum Gasteiger partial charge on any atom is 0.0781 e. The van der Waals surface area contributed by atoms with Gasteiger partial charge >= 0.3 is 0 Å². The van der Waals surface area contributed by atoms with Crippen molar-refractivity contribution < 1.29 is 9.84 Å². The summed E-state index contributed by atoms with van der Waals surface area (Å²) in [5, 5.41) is 8.23. The minimum atomic E-state index is -0.350. The van der Waals surface area contributed by atoms with Crippen molar-refractivity contribution in [1.29, 1.82) is 0 Å². The van der Waals surface area contributed by atoms with E-state index in [0.29, 0.717) is 12.0 Å². The van der Waals surface area contributed by atoms with E-state index in [-0.39, 0.29) is 18.5 Å². The zero-order valence-electron chi connectivity index (χ0n) is 6.21. The van der Waals surface area contributed by atoms with Crippen molar-refractivity contribution in [2.45, 2.75) is 26.1 Å². The summed E-state index contributed by atoms with van der Waals surface area (Å²) in [6, 6.07) is 0. The highest BCUT2D eigenvalue weighted by atomic mass is 35.5. The number of halogens is 2. The van der Waals surface area contributed by atoms with Crippen LogP contribution in [0.4, 0.5) is 0 Å². The highest BCUT2D eigenvalue weighted by molar-refractivity contribution is 6.18. The second-order valence-corrected chi connectivity index (χ2v) is 2.46. The van der Waals surface area contributed by atoms with Crippen LogP contribution >= 0.6 is 24.0 Å². The summed E-state index contributed by atoms with van der Waals surface area (Å²) in [4.78, 5) is 0. The molecule has 1 saturated heterocycles. The first-order valence-electron chi connectivity index (χ1n) is 3.02. The Balaban J connectivity index is 0. The maximum atomic E-state index is 8.23. The molecule has 0 aromatic carbocycles. The van der Waals surface area contributed by atoms with Crippen molar-refractivity contribution in [3.05, 3.63) is 0 Å². The molecule has 1 aliphatic rings. The molecule has 1 heterocycles. The summed E-state index contributed by atoms with van der Waals surface area (Å²) in [6.45, 7) is 4.69. The van der Waals surface area contributed by atoms with Gasteiger partial charge in [0.1, 0.15) is 0 Å². The molecule has 1 aliphatic heterocycles. The second-order valence-electron chi connectivity index (χ2n) is 2.15. The fourth-order valence-corrected chi connectivity index (χ4v) is 0.0962. The van der Waals surface area contributed by atoms with E-state index in [0.717, 1.165) is 6.61 Å². The number of ether oxygens (including phenoxy) is 1. The van der Waals surface area contributed by atoms with Gasteiger partial charge in [-0.1, -0.05) is 0 Å². The van der Waals surface area contributed by atoms with Crippen molar-refractivity contribution in [1.82, 2.24) is 0 Å². The van der Waals surface area contributed by atoms with Crippen molar-refractivity contribution >= 4 is 24.0 Å². The smallest absolute Gasteiger partial charge is 0.0781 e. The van der Waals surface area contributed by atoms with Crippen molar-refractivity contribution in [2.75, 3.05) is 12.5 Å². The summed E-state index contributed by atoms with van der Waals surface area (Å²) in [7, 11) is 0. The van der Waals surface area contributed by atoms with Crippen LogP contribution in [0.25, 0.3) is 0 Å². The molecular weight excluding hydrogens is 175 g/mol. The lowest BCUT2D eigenvalue weighted by atomic mass is 10.5. The predicted molar refractivity (Wildman–Crippen MR) is 45.1 cm³/mol. The number of aliphatic hydroxyl groups excluding tert-OH is 1. The molecule has 2 nitrogen and oxygen atoms in total. The SMILES string of the molecule is CC(O)CCl.CC1CO1.Cl. The van der Waals surface area contributed by atoms with E-state index in [1.165, 1.54) is 0 Å². The molecule has 0 saturated carbocycles. The fourth-order valence-electron chi connectivity index (χ4n) is 0.0962. The number of hydrogen-bond acceptors (Lipinski definition) is 2. The Kier molecular flexibility index (Phi) is 9.97.